The molecule has 0 aliphatic rings. The molecule has 0 atom stereocenters. The molecule has 1 rings (SSSR count). The molecule has 0 bridgehead atoms. The smallest absolute Gasteiger partial charge is 0.500 e. The Morgan fingerprint density at radius 2 is 1.35 bits per heavy atom. The maximum absolute atomic E-state index is 9.63. The first-order valence-electron chi connectivity index (χ1n) is 8.69. The minimum absolute atomic E-state index is 0.346. The van der Waals surface area contributed by atoms with Crippen molar-refractivity contribution in [3.05, 3.63) is 28.8 Å². The van der Waals surface area contributed by atoms with Crippen LogP contribution >= 0.6 is 0 Å². The van der Waals surface area contributed by atoms with E-state index in [9.17, 15) is 5.11 Å². The summed E-state index contributed by atoms with van der Waals surface area (Å²) in [5.41, 5.74) is 3.65. The Morgan fingerprint density at radius 1 is 0.870 bits per heavy atom. The molecule has 0 amide bonds. The lowest BCUT2D eigenvalue weighted by Gasteiger charge is -2.28. The van der Waals surface area contributed by atoms with Gasteiger partial charge in [-0.05, 0) is 82.7 Å². The van der Waals surface area contributed by atoms with Crippen molar-refractivity contribution >= 4 is 8.80 Å². The number of rotatable bonds is 11. The molecule has 132 valence electrons. The van der Waals surface area contributed by atoms with Crippen LogP contribution in [0.5, 0.6) is 5.75 Å². The highest BCUT2D eigenvalue weighted by Gasteiger charge is 2.39. The van der Waals surface area contributed by atoms with Gasteiger partial charge in [0.05, 0.1) is 0 Å². The van der Waals surface area contributed by atoms with Gasteiger partial charge in [-0.15, -0.1) is 0 Å². The molecule has 1 aromatic carbocycles. The molecule has 4 nitrogen and oxygen atoms in total. The van der Waals surface area contributed by atoms with E-state index in [1.165, 1.54) is 5.56 Å². The van der Waals surface area contributed by atoms with E-state index in [0.717, 1.165) is 36.4 Å². The predicted molar refractivity (Wildman–Crippen MR) is 96.0 cm³/mol. The van der Waals surface area contributed by atoms with Gasteiger partial charge in [-0.2, -0.15) is 0 Å². The third kappa shape index (κ3) is 6.26. The SMILES string of the molecule is CCO[Si](CCCCc1c(C)cc(O)cc1C)(OCC)OCC. The molecule has 0 unspecified atom stereocenters. The van der Waals surface area contributed by atoms with E-state index in [4.69, 9.17) is 13.3 Å². The third-order valence-electron chi connectivity index (χ3n) is 3.93. The lowest BCUT2D eigenvalue weighted by Crippen LogP contribution is -2.45. The molecule has 0 fully saturated rings. The lowest BCUT2D eigenvalue weighted by molar-refractivity contribution is 0.0707. The molecule has 1 aromatic rings. The fourth-order valence-corrected chi connectivity index (χ4v) is 5.69. The molecule has 0 aromatic heterocycles. The van der Waals surface area contributed by atoms with E-state index < -0.39 is 8.80 Å². The summed E-state index contributed by atoms with van der Waals surface area (Å²) >= 11 is 0. The lowest BCUT2D eigenvalue weighted by atomic mass is 9.97. The fraction of sp³-hybridized carbons (Fsp3) is 0.667. The average Bonchev–Trinajstić information content (AvgIpc) is 2.46. The van der Waals surface area contributed by atoms with Gasteiger partial charge in [-0.25, -0.2) is 0 Å². The van der Waals surface area contributed by atoms with Crippen LogP contribution in [0.15, 0.2) is 12.1 Å². The number of benzene rings is 1. The van der Waals surface area contributed by atoms with E-state index >= 15 is 0 Å². The Hall–Kier alpha value is -0.883. The second-order valence-corrected chi connectivity index (χ2v) is 8.48. The number of hydrogen-bond donors (Lipinski definition) is 1. The molecule has 5 heteroatoms. The molecular formula is C18H32O4Si. The molecule has 0 heterocycles. The van der Waals surface area contributed by atoms with Crippen LogP contribution in [0.4, 0.5) is 0 Å². The van der Waals surface area contributed by atoms with Gasteiger partial charge >= 0.3 is 8.80 Å². The normalized spacial score (nSPS) is 11.9. The Balaban J connectivity index is 2.60. The Bertz CT molecular complexity index is 436. The summed E-state index contributed by atoms with van der Waals surface area (Å²) in [6.45, 7) is 12.0. The van der Waals surface area contributed by atoms with Crippen molar-refractivity contribution in [2.24, 2.45) is 0 Å². The van der Waals surface area contributed by atoms with Crippen molar-refractivity contribution in [3.63, 3.8) is 0 Å². The highest BCUT2D eigenvalue weighted by molar-refractivity contribution is 6.60. The quantitative estimate of drug-likeness (QED) is 0.480. The first-order chi connectivity index (χ1) is 11.0. The fourth-order valence-electron chi connectivity index (χ4n) is 3.01. The van der Waals surface area contributed by atoms with Crippen LogP contribution in [0.1, 0.15) is 50.3 Å². The maximum atomic E-state index is 9.63. The second-order valence-electron chi connectivity index (χ2n) is 5.75. The van der Waals surface area contributed by atoms with E-state index in [0.29, 0.717) is 25.6 Å². The highest BCUT2D eigenvalue weighted by Crippen LogP contribution is 2.24. The van der Waals surface area contributed by atoms with E-state index in [2.05, 4.69) is 13.8 Å². The van der Waals surface area contributed by atoms with E-state index in [-0.39, 0.29) is 0 Å². The maximum Gasteiger partial charge on any atom is 0.500 e. The highest BCUT2D eigenvalue weighted by atomic mass is 28.4. The van der Waals surface area contributed by atoms with Gasteiger partial charge in [0.1, 0.15) is 5.75 Å². The number of unbranched alkanes of at least 4 members (excludes halogenated alkanes) is 1. The van der Waals surface area contributed by atoms with Crippen molar-refractivity contribution < 1.29 is 18.4 Å². The van der Waals surface area contributed by atoms with Crippen LogP contribution in [-0.4, -0.2) is 33.7 Å². The molecule has 23 heavy (non-hydrogen) atoms. The summed E-state index contributed by atoms with van der Waals surface area (Å²) in [7, 11) is -2.51. The van der Waals surface area contributed by atoms with Gasteiger partial charge in [0, 0.05) is 25.9 Å². The number of phenolic OH excluding ortho intramolecular Hbond substituents is 1. The van der Waals surface area contributed by atoms with E-state index in [1.54, 1.807) is 0 Å². The van der Waals surface area contributed by atoms with Crippen LogP contribution in [0.2, 0.25) is 6.04 Å². The molecule has 0 aliphatic heterocycles. The Morgan fingerprint density at radius 3 is 1.78 bits per heavy atom. The summed E-state index contributed by atoms with van der Waals surface area (Å²) in [6, 6.07) is 4.53. The molecule has 0 radical (unpaired) electrons. The standard InChI is InChI=1S/C18H32O4Si/c1-6-20-23(21-7-2,22-8-3)12-10-9-11-18-15(4)13-17(19)14-16(18)5/h13-14,19H,6-12H2,1-5H3. The van der Waals surface area contributed by atoms with Crippen LogP contribution in [0, 0.1) is 13.8 Å². The minimum atomic E-state index is -2.51. The van der Waals surface area contributed by atoms with E-state index in [1.807, 2.05) is 32.9 Å². The first-order valence-corrected chi connectivity index (χ1v) is 10.6. The summed E-state index contributed by atoms with van der Waals surface area (Å²) < 4.78 is 17.7. The van der Waals surface area contributed by atoms with Crippen LogP contribution in [-0.2, 0) is 19.7 Å². The predicted octanol–water partition coefficient (Wildman–Crippen LogP) is 4.38. The Kier molecular flexibility index (Phi) is 8.84. The van der Waals surface area contributed by atoms with Gasteiger partial charge in [0.15, 0.2) is 0 Å². The molecule has 1 N–H and O–H groups in total. The van der Waals surface area contributed by atoms with Gasteiger partial charge in [0.25, 0.3) is 0 Å². The molecule has 0 saturated heterocycles. The summed E-state index contributed by atoms with van der Waals surface area (Å²) in [5, 5.41) is 9.63. The molecule has 0 spiro atoms. The van der Waals surface area contributed by atoms with Gasteiger partial charge in [0.2, 0.25) is 0 Å². The van der Waals surface area contributed by atoms with Crippen LogP contribution in [0.25, 0.3) is 0 Å². The van der Waals surface area contributed by atoms with Gasteiger partial charge < -0.3 is 18.4 Å². The number of hydrogen-bond acceptors (Lipinski definition) is 4. The van der Waals surface area contributed by atoms with Gasteiger partial charge in [-0.1, -0.05) is 0 Å². The van der Waals surface area contributed by atoms with Crippen molar-refractivity contribution in [2.75, 3.05) is 19.8 Å². The first kappa shape index (κ1) is 20.2. The van der Waals surface area contributed by atoms with Gasteiger partial charge in [-0.3, -0.25) is 0 Å². The molecule has 0 saturated carbocycles. The monoisotopic (exact) mass is 340 g/mol. The van der Waals surface area contributed by atoms with Crippen molar-refractivity contribution in [1.29, 1.82) is 0 Å². The largest absolute Gasteiger partial charge is 0.508 e. The summed E-state index contributed by atoms with van der Waals surface area (Å²) in [6.07, 6.45) is 3.09. The average molecular weight is 341 g/mol. The van der Waals surface area contributed by atoms with Crippen molar-refractivity contribution in [1.82, 2.24) is 0 Å². The molecule has 0 aliphatic carbocycles. The molecular weight excluding hydrogens is 308 g/mol. The zero-order chi connectivity index (χ0) is 17.3. The number of phenols is 1. The second kappa shape index (κ2) is 10.1. The summed E-state index contributed by atoms with van der Waals surface area (Å²) in [4.78, 5) is 0. The topological polar surface area (TPSA) is 47.9 Å². The number of aryl methyl sites for hydroxylation is 2. The zero-order valence-corrected chi connectivity index (χ0v) is 16.3. The van der Waals surface area contributed by atoms with Crippen LogP contribution < -0.4 is 0 Å². The van der Waals surface area contributed by atoms with Crippen LogP contribution in [0.3, 0.4) is 0 Å². The third-order valence-corrected chi connectivity index (χ3v) is 7.08. The van der Waals surface area contributed by atoms with Crippen molar-refractivity contribution in [3.8, 4) is 5.75 Å². The van der Waals surface area contributed by atoms with Crippen molar-refractivity contribution in [2.45, 2.75) is 59.9 Å². The number of aromatic hydroxyl groups is 1. The zero-order valence-electron chi connectivity index (χ0n) is 15.3. The Labute approximate surface area is 142 Å². The summed E-state index contributed by atoms with van der Waals surface area (Å²) in [5.74, 6) is 0.346. The minimum Gasteiger partial charge on any atom is -0.508 e.